The molecular formula is C18H27N5O3. The third-order valence-electron chi connectivity index (χ3n) is 5.32. The van der Waals surface area contributed by atoms with E-state index in [-0.39, 0.29) is 23.3 Å². The number of oxime groups is 1. The van der Waals surface area contributed by atoms with Gasteiger partial charge in [0.1, 0.15) is 0 Å². The molecule has 0 spiro atoms. The van der Waals surface area contributed by atoms with Gasteiger partial charge in [-0.3, -0.25) is 14.3 Å². The number of likely N-dealkylation sites (tertiary alicyclic amines) is 1. The summed E-state index contributed by atoms with van der Waals surface area (Å²) in [4.78, 5) is 34.0. The number of hydrogen-bond acceptors (Lipinski definition) is 5. The van der Waals surface area contributed by atoms with Crippen molar-refractivity contribution in [3.63, 3.8) is 0 Å². The van der Waals surface area contributed by atoms with Crippen LogP contribution < -0.4 is 0 Å². The van der Waals surface area contributed by atoms with E-state index >= 15 is 0 Å². The van der Waals surface area contributed by atoms with Crippen LogP contribution in [0.3, 0.4) is 0 Å². The number of carbonyl (C=O) groups is 2. The fourth-order valence-corrected chi connectivity index (χ4v) is 3.11. The van der Waals surface area contributed by atoms with E-state index in [1.165, 1.54) is 0 Å². The Balaban J connectivity index is 1.54. The number of amides is 2. The second-order valence-corrected chi connectivity index (χ2v) is 8.17. The van der Waals surface area contributed by atoms with Crippen molar-refractivity contribution < 1.29 is 14.4 Å². The Bertz CT molecular complexity index is 755. The summed E-state index contributed by atoms with van der Waals surface area (Å²) in [5.74, 6) is -0.120. The number of hydrogen-bond donors (Lipinski definition) is 0. The summed E-state index contributed by atoms with van der Waals surface area (Å²) < 4.78 is 1.68. The molecule has 8 nitrogen and oxygen atoms in total. The molecule has 3 rings (SSSR count). The highest BCUT2D eigenvalue weighted by Crippen LogP contribution is 2.27. The zero-order valence-electron chi connectivity index (χ0n) is 16.3. The molecular weight excluding hydrogens is 334 g/mol. The Morgan fingerprint density at radius 2 is 1.96 bits per heavy atom. The summed E-state index contributed by atoms with van der Waals surface area (Å²) in [5.41, 5.74) is 2.26. The lowest BCUT2D eigenvalue weighted by Crippen LogP contribution is -2.62. The van der Waals surface area contributed by atoms with Crippen LogP contribution >= 0.6 is 0 Å². The molecule has 1 fully saturated rings. The van der Waals surface area contributed by atoms with Crippen LogP contribution in [0.1, 0.15) is 43.2 Å². The van der Waals surface area contributed by atoms with Crippen molar-refractivity contribution >= 4 is 17.5 Å². The fraction of sp³-hybridized carbons (Fsp3) is 0.667. The van der Waals surface area contributed by atoms with E-state index in [0.29, 0.717) is 25.1 Å². The quantitative estimate of drug-likeness (QED) is 0.810. The minimum absolute atomic E-state index is 0.00529. The average Bonchev–Trinajstić information content (AvgIpc) is 3.13. The van der Waals surface area contributed by atoms with Gasteiger partial charge in [-0.05, 0) is 6.92 Å². The topological polar surface area (TPSA) is 80.0 Å². The molecule has 0 aliphatic carbocycles. The highest BCUT2D eigenvalue weighted by molar-refractivity contribution is 5.97. The van der Waals surface area contributed by atoms with Gasteiger partial charge in [-0.1, -0.05) is 25.9 Å². The Labute approximate surface area is 153 Å². The molecule has 8 heteroatoms. The summed E-state index contributed by atoms with van der Waals surface area (Å²) in [5, 5.41) is 8.20. The molecule has 142 valence electrons. The molecule has 0 radical (unpaired) electrons. The van der Waals surface area contributed by atoms with Gasteiger partial charge in [0.25, 0.3) is 11.8 Å². The van der Waals surface area contributed by atoms with Crippen LogP contribution in [0.4, 0.5) is 0 Å². The summed E-state index contributed by atoms with van der Waals surface area (Å²) in [6.45, 7) is 9.09. The first-order valence-corrected chi connectivity index (χ1v) is 8.87. The molecule has 1 saturated heterocycles. The normalized spacial score (nSPS) is 20.5. The molecule has 1 aromatic heterocycles. The molecule has 2 aliphatic rings. The first kappa shape index (κ1) is 18.4. The van der Waals surface area contributed by atoms with Crippen LogP contribution in [0.25, 0.3) is 0 Å². The maximum Gasteiger partial charge on any atom is 0.267 e. The molecule has 1 atom stereocenters. The Hall–Kier alpha value is -2.38. The number of rotatable bonds is 3. The summed E-state index contributed by atoms with van der Waals surface area (Å²) in [6, 6.07) is 0.00529. The lowest BCUT2D eigenvalue weighted by molar-refractivity contribution is -0.145. The van der Waals surface area contributed by atoms with Crippen LogP contribution in [0.5, 0.6) is 0 Å². The summed E-state index contributed by atoms with van der Waals surface area (Å²) in [7, 11) is 3.58. The van der Waals surface area contributed by atoms with Crippen LogP contribution in [0.15, 0.2) is 11.4 Å². The molecule has 1 aromatic rings. The van der Waals surface area contributed by atoms with E-state index in [4.69, 9.17) is 4.84 Å². The van der Waals surface area contributed by atoms with Gasteiger partial charge in [0, 0.05) is 44.7 Å². The molecule has 2 amide bonds. The molecule has 0 saturated carbocycles. The van der Waals surface area contributed by atoms with E-state index in [2.05, 4.69) is 31.0 Å². The van der Waals surface area contributed by atoms with Crippen LogP contribution in [0.2, 0.25) is 0 Å². The number of aryl methyl sites for hydroxylation is 1. The lowest BCUT2D eigenvalue weighted by atomic mass is 9.87. The first-order valence-electron chi connectivity index (χ1n) is 8.87. The van der Waals surface area contributed by atoms with Crippen molar-refractivity contribution in [2.24, 2.45) is 17.6 Å². The van der Waals surface area contributed by atoms with Crippen molar-refractivity contribution in [3.05, 3.63) is 17.5 Å². The van der Waals surface area contributed by atoms with Gasteiger partial charge in [0.15, 0.2) is 0 Å². The number of likely N-dealkylation sites (N-methyl/N-ethyl adjacent to an activating group) is 1. The van der Waals surface area contributed by atoms with E-state index in [1.807, 2.05) is 14.0 Å². The Morgan fingerprint density at radius 1 is 1.31 bits per heavy atom. The zero-order valence-corrected chi connectivity index (χ0v) is 16.3. The molecule has 1 unspecified atom stereocenters. The molecule has 2 aliphatic heterocycles. The predicted octanol–water partition coefficient (Wildman–Crippen LogP) is 1.20. The molecule has 0 bridgehead atoms. The minimum atomic E-state index is -0.556. The third kappa shape index (κ3) is 3.20. The Kier molecular flexibility index (Phi) is 4.54. The second kappa shape index (κ2) is 6.41. The molecule has 26 heavy (non-hydrogen) atoms. The van der Waals surface area contributed by atoms with E-state index < -0.39 is 6.10 Å². The number of nitrogens with zero attached hydrogens (tertiary/aromatic N) is 5. The van der Waals surface area contributed by atoms with Crippen molar-refractivity contribution in [2.75, 3.05) is 20.1 Å². The Morgan fingerprint density at radius 3 is 2.46 bits per heavy atom. The molecule has 0 N–H and O–H groups in total. The van der Waals surface area contributed by atoms with Crippen molar-refractivity contribution in [1.29, 1.82) is 0 Å². The van der Waals surface area contributed by atoms with Crippen molar-refractivity contribution in [3.8, 4) is 0 Å². The van der Waals surface area contributed by atoms with Gasteiger partial charge in [-0.25, -0.2) is 0 Å². The molecule has 3 heterocycles. The predicted molar refractivity (Wildman–Crippen MR) is 96.8 cm³/mol. The van der Waals surface area contributed by atoms with Gasteiger partial charge < -0.3 is 14.6 Å². The van der Waals surface area contributed by atoms with Gasteiger partial charge >= 0.3 is 0 Å². The summed E-state index contributed by atoms with van der Waals surface area (Å²) >= 11 is 0. The maximum atomic E-state index is 12.7. The summed E-state index contributed by atoms with van der Waals surface area (Å²) in [6.07, 6.45) is 1.56. The third-order valence-corrected chi connectivity index (χ3v) is 5.32. The SMILES string of the molecule is Cc1c(C(=O)N2CC(N(C)C(=O)C3CC(C(C)(C)C)=NO3)C2)cnn1C. The zero-order chi connectivity index (χ0) is 19.2. The highest BCUT2D eigenvalue weighted by Gasteiger charge is 2.41. The van der Waals surface area contributed by atoms with E-state index in [0.717, 1.165) is 11.4 Å². The standard InChI is InChI=1S/C18H27N5O3/c1-11-13(8-19-22(11)6)16(24)23-9-12(10-23)21(5)17(25)14-7-15(20-26-14)18(2,3)4/h8,12,14H,7,9-10H2,1-6H3. The van der Waals surface area contributed by atoms with Crippen LogP contribution in [0, 0.1) is 12.3 Å². The number of carbonyl (C=O) groups excluding carboxylic acids is 2. The highest BCUT2D eigenvalue weighted by atomic mass is 16.6. The minimum Gasteiger partial charge on any atom is -0.382 e. The van der Waals surface area contributed by atoms with Gasteiger partial charge in [-0.2, -0.15) is 5.10 Å². The van der Waals surface area contributed by atoms with Crippen LogP contribution in [-0.2, 0) is 16.7 Å². The second-order valence-electron chi connectivity index (χ2n) is 8.17. The van der Waals surface area contributed by atoms with Gasteiger partial charge in [0.05, 0.1) is 23.5 Å². The maximum absolute atomic E-state index is 12.7. The fourth-order valence-electron chi connectivity index (χ4n) is 3.11. The lowest BCUT2D eigenvalue weighted by Gasteiger charge is -2.44. The van der Waals surface area contributed by atoms with E-state index in [1.54, 1.807) is 27.7 Å². The van der Waals surface area contributed by atoms with E-state index in [9.17, 15) is 9.59 Å². The molecule has 0 aromatic carbocycles. The van der Waals surface area contributed by atoms with Crippen molar-refractivity contribution in [2.45, 2.75) is 46.3 Å². The average molecular weight is 361 g/mol. The van der Waals surface area contributed by atoms with Crippen molar-refractivity contribution in [1.82, 2.24) is 19.6 Å². The smallest absolute Gasteiger partial charge is 0.267 e. The van der Waals surface area contributed by atoms with Gasteiger partial charge in [-0.15, -0.1) is 0 Å². The first-order chi connectivity index (χ1) is 12.1. The largest absolute Gasteiger partial charge is 0.382 e. The number of aromatic nitrogens is 2. The monoisotopic (exact) mass is 361 g/mol. The van der Waals surface area contributed by atoms with Crippen LogP contribution in [-0.4, -0.2) is 69.4 Å². The van der Waals surface area contributed by atoms with Gasteiger partial charge in [0.2, 0.25) is 6.10 Å².